The van der Waals surface area contributed by atoms with Crippen LogP contribution in [0.1, 0.15) is 12.2 Å². The first-order valence-corrected chi connectivity index (χ1v) is 9.02. The van der Waals surface area contributed by atoms with Gasteiger partial charge in [0.05, 0.1) is 11.2 Å². The van der Waals surface area contributed by atoms with Crippen LogP contribution in [0.4, 0.5) is 0 Å². The molecule has 6 nitrogen and oxygen atoms in total. The van der Waals surface area contributed by atoms with E-state index in [4.69, 9.17) is 16.6 Å². The lowest BCUT2D eigenvalue weighted by Gasteiger charge is -2.32. The van der Waals surface area contributed by atoms with Crippen LogP contribution >= 0.6 is 24.0 Å². The Kier molecular flexibility index (Phi) is 5.37. The van der Waals surface area contributed by atoms with Crippen LogP contribution in [0.3, 0.4) is 0 Å². The molecule has 0 N–H and O–H groups in total. The van der Waals surface area contributed by atoms with Gasteiger partial charge in [-0.15, -0.1) is 0 Å². The summed E-state index contributed by atoms with van der Waals surface area (Å²) >= 11 is 6.52. The topological polar surface area (TPSA) is 57.0 Å². The number of amides is 2. The van der Waals surface area contributed by atoms with Crippen molar-refractivity contribution in [1.29, 1.82) is 0 Å². The van der Waals surface area contributed by atoms with Crippen molar-refractivity contribution in [2.24, 2.45) is 0 Å². The van der Waals surface area contributed by atoms with Crippen LogP contribution in [0, 0.1) is 0 Å². The van der Waals surface area contributed by atoms with E-state index >= 15 is 0 Å². The van der Waals surface area contributed by atoms with E-state index in [0.29, 0.717) is 28.0 Å². The van der Waals surface area contributed by atoms with Gasteiger partial charge in [-0.05, 0) is 19.2 Å². The smallest absolute Gasteiger partial charge is 0.266 e. The first-order valence-electron chi connectivity index (χ1n) is 7.80. The third-order valence-electron chi connectivity index (χ3n) is 4.10. The number of furan rings is 1. The summed E-state index contributed by atoms with van der Waals surface area (Å²) in [5.74, 6) is 0.531. The van der Waals surface area contributed by atoms with Crippen molar-refractivity contribution in [3.8, 4) is 0 Å². The zero-order valence-electron chi connectivity index (χ0n) is 13.4. The number of rotatable bonds is 4. The van der Waals surface area contributed by atoms with E-state index < -0.39 is 0 Å². The highest BCUT2D eigenvalue weighted by atomic mass is 32.2. The maximum absolute atomic E-state index is 12.5. The highest BCUT2D eigenvalue weighted by Crippen LogP contribution is 2.32. The van der Waals surface area contributed by atoms with Gasteiger partial charge in [0.1, 0.15) is 10.1 Å². The van der Waals surface area contributed by atoms with Gasteiger partial charge in [0.2, 0.25) is 5.91 Å². The van der Waals surface area contributed by atoms with Crippen molar-refractivity contribution in [3.63, 3.8) is 0 Å². The molecule has 1 aromatic heterocycles. The number of hydrogen-bond donors (Lipinski definition) is 0. The summed E-state index contributed by atoms with van der Waals surface area (Å²) in [6, 6.07) is 3.55. The average Bonchev–Trinajstić information content (AvgIpc) is 3.16. The molecular weight excluding hydrogens is 346 g/mol. The minimum Gasteiger partial charge on any atom is -0.465 e. The number of carbonyl (C=O) groups is 2. The van der Waals surface area contributed by atoms with Gasteiger partial charge in [0.15, 0.2) is 0 Å². The van der Waals surface area contributed by atoms with Gasteiger partial charge in [0, 0.05) is 45.2 Å². The Morgan fingerprint density at radius 2 is 2.12 bits per heavy atom. The predicted octanol–water partition coefficient (Wildman–Crippen LogP) is 1.64. The second kappa shape index (κ2) is 7.50. The van der Waals surface area contributed by atoms with Crippen LogP contribution in [0.5, 0.6) is 0 Å². The minimum absolute atomic E-state index is 0.0761. The molecule has 2 aliphatic rings. The van der Waals surface area contributed by atoms with Crippen molar-refractivity contribution in [3.05, 3.63) is 29.1 Å². The summed E-state index contributed by atoms with van der Waals surface area (Å²) in [5.41, 5.74) is 0. The van der Waals surface area contributed by atoms with Gasteiger partial charge in [-0.25, -0.2) is 0 Å². The predicted molar refractivity (Wildman–Crippen MR) is 97.3 cm³/mol. The van der Waals surface area contributed by atoms with Crippen LogP contribution in [0.2, 0.25) is 0 Å². The van der Waals surface area contributed by atoms with Crippen molar-refractivity contribution in [1.82, 2.24) is 14.7 Å². The molecule has 0 spiro atoms. The molecule has 8 heteroatoms. The zero-order valence-corrected chi connectivity index (χ0v) is 15.1. The number of hydrogen-bond acceptors (Lipinski definition) is 6. The lowest BCUT2D eigenvalue weighted by molar-refractivity contribution is -0.133. The molecule has 0 saturated carbocycles. The largest absolute Gasteiger partial charge is 0.465 e. The number of piperazine rings is 1. The summed E-state index contributed by atoms with van der Waals surface area (Å²) in [5, 5.41) is 0. The zero-order chi connectivity index (χ0) is 17.1. The molecule has 2 fully saturated rings. The first kappa shape index (κ1) is 17.2. The maximum atomic E-state index is 12.5. The van der Waals surface area contributed by atoms with E-state index in [-0.39, 0.29) is 11.8 Å². The van der Waals surface area contributed by atoms with E-state index in [1.54, 1.807) is 24.5 Å². The van der Waals surface area contributed by atoms with Gasteiger partial charge < -0.3 is 14.2 Å². The van der Waals surface area contributed by atoms with Gasteiger partial charge in [-0.1, -0.05) is 24.0 Å². The van der Waals surface area contributed by atoms with Gasteiger partial charge in [-0.3, -0.25) is 14.5 Å². The van der Waals surface area contributed by atoms with Crippen LogP contribution in [-0.4, -0.2) is 70.6 Å². The average molecular weight is 365 g/mol. The summed E-state index contributed by atoms with van der Waals surface area (Å²) in [6.07, 6.45) is 3.53. The Balaban J connectivity index is 1.56. The first-order chi connectivity index (χ1) is 11.5. The summed E-state index contributed by atoms with van der Waals surface area (Å²) < 4.78 is 5.72. The molecule has 2 amide bonds. The molecule has 24 heavy (non-hydrogen) atoms. The molecule has 0 aromatic carbocycles. The normalized spacial score (nSPS) is 21.1. The van der Waals surface area contributed by atoms with Crippen LogP contribution in [0.25, 0.3) is 6.08 Å². The maximum Gasteiger partial charge on any atom is 0.266 e. The molecule has 2 saturated heterocycles. The number of likely N-dealkylation sites (N-methyl/N-ethyl adjacent to an activating group) is 1. The summed E-state index contributed by atoms with van der Waals surface area (Å²) in [7, 11) is 2.05. The van der Waals surface area contributed by atoms with E-state index in [1.807, 2.05) is 11.9 Å². The summed E-state index contributed by atoms with van der Waals surface area (Å²) in [6.45, 7) is 3.58. The SMILES string of the molecule is CN1CCN(C(=O)CCN2C(=O)C(=Cc3ccco3)SC2=S)CC1. The Labute approximate surface area is 150 Å². The Hall–Kier alpha value is -1.64. The van der Waals surface area contributed by atoms with Gasteiger partial charge in [0.25, 0.3) is 5.91 Å². The highest BCUT2D eigenvalue weighted by molar-refractivity contribution is 8.26. The fraction of sp³-hybridized carbons (Fsp3) is 0.438. The molecular formula is C16H19N3O3S2. The second-order valence-corrected chi connectivity index (χ2v) is 7.46. The Morgan fingerprint density at radius 1 is 1.38 bits per heavy atom. The number of thioether (sulfide) groups is 1. The molecule has 0 unspecified atom stereocenters. The highest BCUT2D eigenvalue weighted by Gasteiger charge is 2.32. The van der Waals surface area contributed by atoms with Crippen molar-refractivity contribution >= 4 is 46.2 Å². The standard InChI is InChI=1S/C16H19N3O3S2/c1-17-6-8-18(9-7-17)14(20)4-5-19-15(21)13(24-16(19)23)11-12-3-2-10-22-12/h2-3,10-11H,4-9H2,1H3. The van der Waals surface area contributed by atoms with E-state index in [1.165, 1.54) is 16.7 Å². The van der Waals surface area contributed by atoms with Crippen LogP contribution in [-0.2, 0) is 9.59 Å². The Morgan fingerprint density at radius 3 is 2.79 bits per heavy atom. The number of carbonyl (C=O) groups excluding carboxylic acids is 2. The molecule has 128 valence electrons. The molecule has 0 atom stereocenters. The van der Waals surface area contributed by atoms with Crippen molar-refractivity contribution in [2.45, 2.75) is 6.42 Å². The quantitative estimate of drug-likeness (QED) is 0.597. The molecule has 3 rings (SSSR count). The van der Waals surface area contributed by atoms with E-state index in [2.05, 4.69) is 4.90 Å². The molecule has 3 heterocycles. The Bertz CT molecular complexity index is 664. The fourth-order valence-corrected chi connectivity index (χ4v) is 3.91. The monoisotopic (exact) mass is 365 g/mol. The molecule has 0 aliphatic carbocycles. The van der Waals surface area contributed by atoms with Gasteiger partial charge >= 0.3 is 0 Å². The molecule has 0 bridgehead atoms. The van der Waals surface area contributed by atoms with Crippen LogP contribution < -0.4 is 0 Å². The van der Waals surface area contributed by atoms with Crippen molar-refractivity contribution in [2.75, 3.05) is 39.8 Å². The summed E-state index contributed by atoms with van der Waals surface area (Å²) in [4.78, 5) is 30.8. The van der Waals surface area contributed by atoms with E-state index in [0.717, 1.165) is 26.2 Å². The third-order valence-corrected chi connectivity index (χ3v) is 5.47. The van der Waals surface area contributed by atoms with Crippen LogP contribution in [0.15, 0.2) is 27.7 Å². The molecule has 2 aliphatic heterocycles. The van der Waals surface area contributed by atoms with E-state index in [9.17, 15) is 9.59 Å². The number of nitrogens with zero attached hydrogens (tertiary/aromatic N) is 3. The fourth-order valence-electron chi connectivity index (χ4n) is 2.62. The third kappa shape index (κ3) is 3.88. The molecule has 1 aromatic rings. The van der Waals surface area contributed by atoms with Crippen molar-refractivity contribution < 1.29 is 14.0 Å². The van der Waals surface area contributed by atoms with Gasteiger partial charge in [-0.2, -0.15) is 0 Å². The molecule has 0 radical (unpaired) electrons. The minimum atomic E-state index is -0.160. The lowest BCUT2D eigenvalue weighted by atomic mass is 10.2. The lowest BCUT2D eigenvalue weighted by Crippen LogP contribution is -2.47. The second-order valence-electron chi connectivity index (χ2n) is 5.78. The number of thiocarbonyl (C=S) groups is 1.